The Hall–Kier alpha value is -2.99. The molecule has 3 amide bonds. The van der Waals surface area contributed by atoms with Gasteiger partial charge in [0.2, 0.25) is 17.7 Å². The normalized spacial score (nSPS) is 30.5. The molecule has 0 radical (unpaired) electrons. The Morgan fingerprint density at radius 2 is 1.63 bits per heavy atom. The molecule has 2 N–H and O–H groups in total. The summed E-state index contributed by atoms with van der Waals surface area (Å²) < 4.78 is 0. The van der Waals surface area contributed by atoms with Gasteiger partial charge in [-0.2, -0.15) is 0 Å². The molecule has 3 fully saturated rings. The van der Waals surface area contributed by atoms with Crippen molar-refractivity contribution in [1.82, 2.24) is 10.2 Å². The number of carbonyl (C=O) groups is 3. The van der Waals surface area contributed by atoms with Crippen LogP contribution < -0.4 is 10.6 Å². The van der Waals surface area contributed by atoms with Crippen LogP contribution in [0.5, 0.6) is 0 Å². The minimum atomic E-state index is -1.22. The maximum absolute atomic E-state index is 14.2. The number of nitrogens with zero attached hydrogens (tertiary/aromatic N) is 1. The van der Waals surface area contributed by atoms with E-state index in [4.69, 9.17) is 0 Å². The average Bonchev–Trinajstić information content (AvgIpc) is 3.31. The molecule has 2 aromatic carbocycles. The first-order valence-electron chi connectivity index (χ1n) is 13.0. The minimum absolute atomic E-state index is 0.0544. The largest absolute Gasteiger partial charge is 0.324 e. The maximum atomic E-state index is 14.2. The van der Waals surface area contributed by atoms with E-state index in [0.29, 0.717) is 6.42 Å². The first-order chi connectivity index (χ1) is 16.9. The highest BCUT2D eigenvalue weighted by Gasteiger charge is 2.70. The lowest BCUT2D eigenvalue weighted by atomic mass is 9.75. The van der Waals surface area contributed by atoms with Gasteiger partial charge < -0.3 is 5.32 Å². The van der Waals surface area contributed by atoms with Crippen LogP contribution in [0.2, 0.25) is 0 Å². The zero-order chi connectivity index (χ0) is 24.3. The van der Waals surface area contributed by atoms with Gasteiger partial charge in [0, 0.05) is 23.3 Å². The second kappa shape index (κ2) is 8.30. The highest BCUT2D eigenvalue weighted by molar-refractivity contribution is 6.15. The zero-order valence-corrected chi connectivity index (χ0v) is 20.5. The Balaban J connectivity index is 1.47. The lowest BCUT2D eigenvalue weighted by Gasteiger charge is -2.32. The molecular formula is C29H33N3O3. The van der Waals surface area contributed by atoms with Crippen LogP contribution in [0, 0.1) is 25.7 Å². The molecule has 0 unspecified atom stereocenters. The summed E-state index contributed by atoms with van der Waals surface area (Å²) >= 11 is 0. The fourth-order valence-corrected chi connectivity index (χ4v) is 7.06. The molecule has 0 bridgehead atoms. The predicted octanol–water partition coefficient (Wildman–Crippen LogP) is 3.99. The van der Waals surface area contributed by atoms with Gasteiger partial charge in [-0.25, -0.2) is 0 Å². The van der Waals surface area contributed by atoms with Crippen molar-refractivity contribution < 1.29 is 14.4 Å². The van der Waals surface area contributed by atoms with Crippen LogP contribution >= 0.6 is 0 Å². The third-order valence-corrected chi connectivity index (χ3v) is 8.94. The van der Waals surface area contributed by atoms with Crippen molar-refractivity contribution >= 4 is 23.4 Å². The molecule has 182 valence electrons. The van der Waals surface area contributed by atoms with Gasteiger partial charge in [-0.15, -0.1) is 0 Å². The smallest absolute Gasteiger partial charge is 0.250 e. The molecule has 3 heterocycles. The molecule has 6 rings (SSSR count). The summed E-state index contributed by atoms with van der Waals surface area (Å²) in [4.78, 5) is 43.6. The number of imide groups is 1. The molecule has 4 aliphatic rings. The number of aryl methyl sites for hydroxylation is 1. The van der Waals surface area contributed by atoms with E-state index in [1.165, 1.54) is 0 Å². The first kappa shape index (κ1) is 22.5. The zero-order valence-electron chi connectivity index (χ0n) is 20.5. The standard InChI is InChI=1S/C29H33N3O3/c1-17-14-15-21-25(18(17)2)30-28(35)29(21)24-23(22(31-29)16-19-10-6-5-7-11-19)26(33)32(27(24)34)20-12-8-3-4-9-13-20/h5-7,10-11,14-15,20,22-24,31H,3-4,8-9,12-13,16H2,1-2H3,(H,30,35)/t22-,23-,24+,29+/m1/s1. The van der Waals surface area contributed by atoms with E-state index < -0.39 is 17.4 Å². The summed E-state index contributed by atoms with van der Waals surface area (Å²) in [6.45, 7) is 4.02. The number of hydrogen-bond donors (Lipinski definition) is 2. The maximum Gasteiger partial charge on any atom is 0.250 e. The van der Waals surface area contributed by atoms with Gasteiger partial charge in [0.1, 0.15) is 5.54 Å². The molecule has 1 aliphatic carbocycles. The highest BCUT2D eigenvalue weighted by Crippen LogP contribution is 2.54. The Bertz CT molecular complexity index is 1200. The lowest BCUT2D eigenvalue weighted by molar-refractivity contribution is -0.145. The highest BCUT2D eigenvalue weighted by atomic mass is 16.2. The number of nitrogens with one attached hydrogen (secondary N) is 2. The fraction of sp³-hybridized carbons (Fsp3) is 0.483. The summed E-state index contributed by atoms with van der Waals surface area (Å²) in [7, 11) is 0. The summed E-state index contributed by atoms with van der Waals surface area (Å²) in [6, 6.07) is 13.7. The first-order valence-corrected chi connectivity index (χ1v) is 13.0. The average molecular weight is 472 g/mol. The van der Waals surface area contributed by atoms with Gasteiger partial charge >= 0.3 is 0 Å². The third kappa shape index (κ3) is 3.22. The summed E-state index contributed by atoms with van der Waals surface area (Å²) in [5.74, 6) is -1.76. The van der Waals surface area contributed by atoms with Crippen LogP contribution in [0.25, 0.3) is 0 Å². The summed E-state index contributed by atoms with van der Waals surface area (Å²) in [6.07, 6.45) is 6.69. The summed E-state index contributed by atoms with van der Waals surface area (Å²) in [5.41, 5.74) is 3.56. The van der Waals surface area contributed by atoms with Crippen LogP contribution in [0.3, 0.4) is 0 Å². The number of carbonyl (C=O) groups excluding carboxylic acids is 3. The topological polar surface area (TPSA) is 78.5 Å². The van der Waals surface area contributed by atoms with Crippen molar-refractivity contribution in [2.75, 3.05) is 5.32 Å². The number of rotatable bonds is 3. The number of benzene rings is 2. The minimum Gasteiger partial charge on any atom is -0.324 e. The number of amides is 3. The van der Waals surface area contributed by atoms with Crippen LogP contribution in [-0.2, 0) is 26.3 Å². The van der Waals surface area contributed by atoms with E-state index in [-0.39, 0.29) is 29.8 Å². The number of anilines is 1. The fourth-order valence-electron chi connectivity index (χ4n) is 7.06. The number of likely N-dealkylation sites (tertiary alicyclic amines) is 1. The van der Waals surface area contributed by atoms with Crippen molar-refractivity contribution in [3.63, 3.8) is 0 Å². The Morgan fingerprint density at radius 3 is 2.34 bits per heavy atom. The Morgan fingerprint density at radius 1 is 0.914 bits per heavy atom. The number of hydrogen-bond acceptors (Lipinski definition) is 4. The van der Waals surface area contributed by atoms with Gasteiger partial charge in [-0.05, 0) is 49.8 Å². The van der Waals surface area contributed by atoms with E-state index in [0.717, 1.165) is 66.5 Å². The van der Waals surface area contributed by atoms with Crippen molar-refractivity contribution in [2.24, 2.45) is 11.8 Å². The lowest BCUT2D eigenvalue weighted by Crippen LogP contribution is -2.54. The van der Waals surface area contributed by atoms with Gasteiger partial charge in [-0.1, -0.05) is 68.1 Å². The quantitative estimate of drug-likeness (QED) is 0.524. The van der Waals surface area contributed by atoms with E-state index in [1.54, 1.807) is 4.90 Å². The van der Waals surface area contributed by atoms with E-state index >= 15 is 0 Å². The molecule has 6 heteroatoms. The van der Waals surface area contributed by atoms with Crippen LogP contribution in [-0.4, -0.2) is 34.7 Å². The molecule has 6 nitrogen and oxygen atoms in total. The van der Waals surface area contributed by atoms with Crippen LogP contribution in [0.1, 0.15) is 60.8 Å². The molecule has 1 saturated carbocycles. The second-order valence-electron chi connectivity index (χ2n) is 10.8. The molecule has 35 heavy (non-hydrogen) atoms. The van der Waals surface area contributed by atoms with E-state index in [9.17, 15) is 14.4 Å². The van der Waals surface area contributed by atoms with Crippen LogP contribution in [0.15, 0.2) is 42.5 Å². The predicted molar refractivity (Wildman–Crippen MR) is 134 cm³/mol. The van der Waals surface area contributed by atoms with Gasteiger partial charge in [0.15, 0.2) is 0 Å². The molecule has 1 spiro atoms. The van der Waals surface area contributed by atoms with Gasteiger partial charge in [0.25, 0.3) is 0 Å². The SMILES string of the molecule is Cc1ccc2c(c1C)NC(=O)[C@]21N[C@H](Cc2ccccc2)[C@H]2C(=O)N(C3CCCCCC3)C(=O)[C@H]21. The summed E-state index contributed by atoms with van der Waals surface area (Å²) in [5, 5.41) is 6.68. The van der Waals surface area contributed by atoms with Crippen molar-refractivity contribution in [3.8, 4) is 0 Å². The van der Waals surface area contributed by atoms with Crippen LogP contribution in [0.4, 0.5) is 5.69 Å². The monoisotopic (exact) mass is 471 g/mol. The van der Waals surface area contributed by atoms with Crippen molar-refractivity contribution in [2.45, 2.75) is 76.4 Å². The molecule has 3 aliphatic heterocycles. The number of fused-ring (bicyclic) bond motifs is 4. The van der Waals surface area contributed by atoms with Crippen molar-refractivity contribution in [1.29, 1.82) is 0 Å². The third-order valence-electron chi connectivity index (χ3n) is 8.94. The molecule has 4 atom stereocenters. The van der Waals surface area contributed by atoms with Gasteiger partial charge in [-0.3, -0.25) is 24.6 Å². The Kier molecular flexibility index (Phi) is 5.33. The van der Waals surface area contributed by atoms with E-state index in [1.807, 2.05) is 56.3 Å². The molecule has 2 saturated heterocycles. The Labute approximate surface area is 206 Å². The molecule has 0 aromatic heterocycles. The second-order valence-corrected chi connectivity index (χ2v) is 10.8. The van der Waals surface area contributed by atoms with E-state index in [2.05, 4.69) is 10.6 Å². The van der Waals surface area contributed by atoms with Crippen molar-refractivity contribution in [3.05, 3.63) is 64.7 Å². The molecular weight excluding hydrogens is 438 g/mol. The van der Waals surface area contributed by atoms with Gasteiger partial charge in [0.05, 0.1) is 11.8 Å². The molecule has 2 aromatic rings.